The van der Waals surface area contributed by atoms with Crippen molar-refractivity contribution in [2.45, 2.75) is 13.0 Å². The summed E-state index contributed by atoms with van der Waals surface area (Å²) in [5, 5.41) is 8.02. The molecule has 0 spiro atoms. The van der Waals surface area contributed by atoms with E-state index in [9.17, 15) is 9.59 Å². The Morgan fingerprint density at radius 1 is 1.40 bits per heavy atom. The molecule has 1 aliphatic rings. The van der Waals surface area contributed by atoms with E-state index in [-0.39, 0.29) is 30.7 Å². The zero-order chi connectivity index (χ0) is 17.8. The highest BCUT2D eigenvalue weighted by Gasteiger charge is 2.35. The molecule has 1 saturated heterocycles. The number of hydrogen-bond acceptors (Lipinski definition) is 5. The first kappa shape index (κ1) is 16.9. The van der Waals surface area contributed by atoms with Crippen LogP contribution in [0.2, 0.25) is 0 Å². The van der Waals surface area contributed by atoms with E-state index in [4.69, 9.17) is 4.42 Å². The fraction of sp³-hybridized carbons (Fsp3) is 0.333. The third-order valence-electron chi connectivity index (χ3n) is 4.15. The standard InChI is InChI=1S/C18H20N4O3/c1-3-9-22-11-14(10-16(22)23)18(24)21(2)12-15-19-20-17(25-15)13-7-5-4-6-8-13/h3-8,14H,1,9-12H2,2H3. The third kappa shape index (κ3) is 3.76. The minimum atomic E-state index is -0.339. The van der Waals surface area contributed by atoms with Crippen LogP contribution in [0.4, 0.5) is 0 Å². The smallest absolute Gasteiger partial charge is 0.247 e. The number of carbonyl (C=O) groups excluding carboxylic acids is 2. The molecule has 1 atom stereocenters. The molecule has 25 heavy (non-hydrogen) atoms. The van der Waals surface area contributed by atoms with Crippen LogP contribution in [-0.2, 0) is 16.1 Å². The number of aromatic nitrogens is 2. The number of carbonyl (C=O) groups is 2. The van der Waals surface area contributed by atoms with Gasteiger partial charge in [0, 0.05) is 32.1 Å². The van der Waals surface area contributed by atoms with E-state index in [2.05, 4.69) is 16.8 Å². The third-order valence-corrected chi connectivity index (χ3v) is 4.15. The molecular weight excluding hydrogens is 320 g/mol. The Labute approximate surface area is 145 Å². The summed E-state index contributed by atoms with van der Waals surface area (Å²) in [6, 6.07) is 9.45. The molecule has 1 aliphatic heterocycles. The number of likely N-dealkylation sites (tertiary alicyclic amines) is 1. The number of rotatable bonds is 6. The second-order valence-corrected chi connectivity index (χ2v) is 6.05. The SMILES string of the molecule is C=CCN1CC(C(=O)N(C)Cc2nnc(-c3ccccc3)o2)CC1=O. The van der Waals surface area contributed by atoms with E-state index in [0.29, 0.717) is 24.9 Å². The molecule has 2 amide bonds. The van der Waals surface area contributed by atoms with E-state index < -0.39 is 0 Å². The van der Waals surface area contributed by atoms with Gasteiger partial charge in [-0.15, -0.1) is 16.8 Å². The number of amides is 2. The molecule has 7 heteroatoms. The van der Waals surface area contributed by atoms with E-state index >= 15 is 0 Å². The molecule has 0 bridgehead atoms. The molecule has 0 N–H and O–H groups in total. The second kappa shape index (κ2) is 7.29. The molecule has 0 radical (unpaired) electrons. The summed E-state index contributed by atoms with van der Waals surface area (Å²) in [5.74, 6) is 0.329. The van der Waals surface area contributed by atoms with Crippen LogP contribution in [-0.4, -0.2) is 51.9 Å². The highest BCUT2D eigenvalue weighted by Crippen LogP contribution is 2.21. The van der Waals surface area contributed by atoms with Gasteiger partial charge in [-0.3, -0.25) is 9.59 Å². The lowest BCUT2D eigenvalue weighted by atomic mass is 10.1. The molecule has 3 rings (SSSR count). The Morgan fingerprint density at radius 3 is 2.88 bits per heavy atom. The van der Waals surface area contributed by atoms with Gasteiger partial charge < -0.3 is 14.2 Å². The van der Waals surface area contributed by atoms with Crippen LogP contribution in [0.3, 0.4) is 0 Å². The van der Waals surface area contributed by atoms with Crippen molar-refractivity contribution < 1.29 is 14.0 Å². The van der Waals surface area contributed by atoms with Gasteiger partial charge in [0.25, 0.3) is 0 Å². The van der Waals surface area contributed by atoms with Gasteiger partial charge in [-0.2, -0.15) is 0 Å². The van der Waals surface area contributed by atoms with E-state index in [0.717, 1.165) is 5.56 Å². The number of benzene rings is 1. The van der Waals surface area contributed by atoms with Gasteiger partial charge >= 0.3 is 0 Å². The molecular formula is C18H20N4O3. The van der Waals surface area contributed by atoms with Gasteiger partial charge in [0.05, 0.1) is 12.5 Å². The van der Waals surface area contributed by atoms with Gasteiger partial charge in [-0.05, 0) is 12.1 Å². The first-order valence-corrected chi connectivity index (χ1v) is 8.10. The molecule has 7 nitrogen and oxygen atoms in total. The normalized spacial score (nSPS) is 16.9. The monoisotopic (exact) mass is 340 g/mol. The largest absolute Gasteiger partial charge is 0.419 e. The molecule has 130 valence electrons. The average Bonchev–Trinajstić information content (AvgIpc) is 3.23. The molecule has 1 fully saturated rings. The van der Waals surface area contributed by atoms with Crippen LogP contribution in [0.1, 0.15) is 12.3 Å². The first-order chi connectivity index (χ1) is 12.1. The highest BCUT2D eigenvalue weighted by molar-refractivity contribution is 5.89. The van der Waals surface area contributed by atoms with Crippen LogP contribution in [0.15, 0.2) is 47.4 Å². The van der Waals surface area contributed by atoms with Crippen LogP contribution in [0.5, 0.6) is 0 Å². The van der Waals surface area contributed by atoms with E-state index in [1.54, 1.807) is 18.0 Å². The predicted octanol–water partition coefficient (Wildman–Crippen LogP) is 1.73. The minimum absolute atomic E-state index is 0.0178. The highest BCUT2D eigenvalue weighted by atomic mass is 16.4. The van der Waals surface area contributed by atoms with Crippen LogP contribution < -0.4 is 0 Å². The first-order valence-electron chi connectivity index (χ1n) is 8.10. The maximum Gasteiger partial charge on any atom is 0.247 e. The zero-order valence-electron chi connectivity index (χ0n) is 14.1. The maximum absolute atomic E-state index is 12.6. The summed E-state index contributed by atoms with van der Waals surface area (Å²) in [6.45, 7) is 4.74. The zero-order valence-corrected chi connectivity index (χ0v) is 14.1. The average molecular weight is 340 g/mol. The maximum atomic E-state index is 12.6. The van der Waals surface area contributed by atoms with Gasteiger partial charge in [0.15, 0.2) is 0 Å². The van der Waals surface area contributed by atoms with Crippen molar-refractivity contribution in [1.82, 2.24) is 20.0 Å². The topological polar surface area (TPSA) is 79.5 Å². The Balaban J connectivity index is 1.62. The summed E-state index contributed by atoms with van der Waals surface area (Å²) in [6.07, 6.45) is 1.90. The lowest BCUT2D eigenvalue weighted by Crippen LogP contribution is -2.34. The molecule has 2 aromatic rings. The molecule has 1 aromatic heterocycles. The van der Waals surface area contributed by atoms with Gasteiger partial charge in [0.1, 0.15) is 0 Å². The van der Waals surface area contributed by atoms with Crippen molar-refractivity contribution >= 4 is 11.8 Å². The van der Waals surface area contributed by atoms with Crippen molar-refractivity contribution in [1.29, 1.82) is 0 Å². The van der Waals surface area contributed by atoms with E-state index in [1.807, 2.05) is 30.3 Å². The molecule has 2 heterocycles. The fourth-order valence-electron chi connectivity index (χ4n) is 2.88. The van der Waals surface area contributed by atoms with Crippen molar-refractivity contribution in [3.8, 4) is 11.5 Å². The summed E-state index contributed by atoms with van der Waals surface area (Å²) < 4.78 is 5.63. The van der Waals surface area contributed by atoms with Crippen molar-refractivity contribution in [2.24, 2.45) is 5.92 Å². The molecule has 1 aromatic carbocycles. The Kier molecular flexibility index (Phi) is 4.92. The molecule has 0 saturated carbocycles. The number of nitrogens with zero attached hydrogens (tertiary/aromatic N) is 4. The quantitative estimate of drug-likeness (QED) is 0.748. The number of hydrogen-bond donors (Lipinski definition) is 0. The molecule has 0 aliphatic carbocycles. The van der Waals surface area contributed by atoms with Crippen molar-refractivity contribution in [3.63, 3.8) is 0 Å². The van der Waals surface area contributed by atoms with Crippen molar-refractivity contribution in [3.05, 3.63) is 48.9 Å². The fourth-order valence-corrected chi connectivity index (χ4v) is 2.88. The second-order valence-electron chi connectivity index (χ2n) is 6.05. The Morgan fingerprint density at radius 2 is 2.16 bits per heavy atom. The van der Waals surface area contributed by atoms with Gasteiger partial charge in [0.2, 0.25) is 23.6 Å². The van der Waals surface area contributed by atoms with Crippen LogP contribution >= 0.6 is 0 Å². The minimum Gasteiger partial charge on any atom is -0.419 e. The Hall–Kier alpha value is -2.96. The van der Waals surface area contributed by atoms with Crippen LogP contribution in [0.25, 0.3) is 11.5 Å². The lowest BCUT2D eigenvalue weighted by Gasteiger charge is -2.19. The predicted molar refractivity (Wildman–Crippen MR) is 91.1 cm³/mol. The van der Waals surface area contributed by atoms with Gasteiger partial charge in [-0.25, -0.2) is 0 Å². The molecule has 1 unspecified atom stereocenters. The van der Waals surface area contributed by atoms with Crippen LogP contribution in [0, 0.1) is 5.92 Å². The van der Waals surface area contributed by atoms with Crippen molar-refractivity contribution in [2.75, 3.05) is 20.1 Å². The summed E-state index contributed by atoms with van der Waals surface area (Å²) in [4.78, 5) is 27.6. The summed E-state index contributed by atoms with van der Waals surface area (Å²) in [5.41, 5.74) is 0.830. The Bertz CT molecular complexity index is 772. The summed E-state index contributed by atoms with van der Waals surface area (Å²) in [7, 11) is 1.68. The van der Waals surface area contributed by atoms with E-state index in [1.165, 1.54) is 4.90 Å². The summed E-state index contributed by atoms with van der Waals surface area (Å²) >= 11 is 0. The lowest BCUT2D eigenvalue weighted by molar-refractivity contribution is -0.135. The van der Waals surface area contributed by atoms with Gasteiger partial charge in [-0.1, -0.05) is 24.3 Å².